The van der Waals surface area contributed by atoms with Gasteiger partial charge in [0.05, 0.1) is 16.1 Å². The maximum Gasteiger partial charge on any atom is 0.257 e. The van der Waals surface area contributed by atoms with Gasteiger partial charge < -0.3 is 15.1 Å². The zero-order chi connectivity index (χ0) is 18.7. The van der Waals surface area contributed by atoms with Gasteiger partial charge in [-0.05, 0) is 68.9 Å². The smallest absolute Gasteiger partial charge is 0.257 e. The van der Waals surface area contributed by atoms with E-state index in [-0.39, 0.29) is 5.91 Å². The van der Waals surface area contributed by atoms with Crippen LogP contribution in [0.3, 0.4) is 0 Å². The van der Waals surface area contributed by atoms with Gasteiger partial charge >= 0.3 is 0 Å². The molecule has 1 aliphatic carbocycles. The molecule has 0 aliphatic heterocycles. The molecule has 1 amide bonds. The molecular weight excluding hydrogens is 344 g/mol. The molecular formula is C20H28N4OS. The monoisotopic (exact) mass is 372 g/mol. The van der Waals surface area contributed by atoms with E-state index in [9.17, 15) is 4.79 Å². The summed E-state index contributed by atoms with van der Waals surface area (Å²) in [5.74, 6) is 1.45. The number of carbonyl (C=O) groups excluding carboxylic acids is 1. The summed E-state index contributed by atoms with van der Waals surface area (Å²) < 4.78 is 0. The molecule has 3 rings (SSSR count). The van der Waals surface area contributed by atoms with Gasteiger partial charge in [0.15, 0.2) is 0 Å². The first-order valence-corrected chi connectivity index (χ1v) is 10.0. The third-order valence-corrected chi connectivity index (χ3v) is 5.66. The van der Waals surface area contributed by atoms with Gasteiger partial charge in [0, 0.05) is 26.7 Å². The van der Waals surface area contributed by atoms with Crippen molar-refractivity contribution in [3.05, 3.63) is 34.7 Å². The average Bonchev–Trinajstić information content (AvgIpc) is 3.36. The van der Waals surface area contributed by atoms with Crippen LogP contribution in [0.5, 0.6) is 0 Å². The number of hydrogen-bond acceptors (Lipinski definition) is 5. The summed E-state index contributed by atoms with van der Waals surface area (Å²) in [6.45, 7) is 4.51. The van der Waals surface area contributed by atoms with Crippen molar-refractivity contribution in [2.24, 2.45) is 5.92 Å². The molecule has 0 aromatic carbocycles. The van der Waals surface area contributed by atoms with Crippen LogP contribution in [0.4, 0.5) is 5.82 Å². The first-order valence-electron chi connectivity index (χ1n) is 9.14. The third kappa shape index (κ3) is 4.83. The molecule has 2 aromatic rings. The number of rotatable bonds is 8. The zero-order valence-corrected chi connectivity index (χ0v) is 16.9. The summed E-state index contributed by atoms with van der Waals surface area (Å²) in [6.07, 6.45) is 2.53. The molecule has 140 valence electrons. The Kier molecular flexibility index (Phi) is 5.94. The summed E-state index contributed by atoms with van der Waals surface area (Å²) >= 11 is 1.69. The maximum absolute atomic E-state index is 12.9. The van der Waals surface area contributed by atoms with Crippen molar-refractivity contribution in [1.82, 2.24) is 14.8 Å². The third-order valence-electron chi connectivity index (χ3n) is 4.59. The molecule has 0 atom stereocenters. The minimum atomic E-state index is 0.0200. The van der Waals surface area contributed by atoms with Crippen LogP contribution in [-0.4, -0.2) is 61.5 Å². The van der Waals surface area contributed by atoms with Crippen molar-refractivity contribution in [3.63, 3.8) is 0 Å². The standard InChI is InChI=1S/C20H28N4OS/c1-14-11-18(26-13-14)17-8-7-16(19(22-17)21-12-15-5-6-15)20(25)24(4)10-9-23(2)3/h7-8,11,13,15H,5-6,9-10,12H2,1-4H3,(H,21,22). The Balaban J connectivity index is 1.83. The Morgan fingerprint density at radius 2 is 2.04 bits per heavy atom. The van der Waals surface area contributed by atoms with E-state index < -0.39 is 0 Å². The van der Waals surface area contributed by atoms with E-state index in [4.69, 9.17) is 4.98 Å². The lowest BCUT2D eigenvalue weighted by Crippen LogP contribution is -2.34. The lowest BCUT2D eigenvalue weighted by atomic mass is 10.1. The van der Waals surface area contributed by atoms with Gasteiger partial charge in [0.1, 0.15) is 5.82 Å². The topological polar surface area (TPSA) is 48.5 Å². The Morgan fingerprint density at radius 3 is 2.65 bits per heavy atom. The van der Waals surface area contributed by atoms with E-state index in [1.54, 1.807) is 16.2 Å². The number of aromatic nitrogens is 1. The molecule has 5 nitrogen and oxygen atoms in total. The number of anilines is 1. The SMILES string of the molecule is Cc1csc(-c2ccc(C(=O)N(C)CCN(C)C)c(NCC3CC3)n2)c1. The maximum atomic E-state index is 12.9. The van der Waals surface area contributed by atoms with Gasteiger partial charge in [-0.2, -0.15) is 0 Å². The van der Waals surface area contributed by atoms with Crippen LogP contribution in [-0.2, 0) is 0 Å². The number of nitrogens with zero attached hydrogens (tertiary/aromatic N) is 3. The quantitative estimate of drug-likeness (QED) is 0.769. The molecule has 0 saturated heterocycles. The number of aryl methyl sites for hydroxylation is 1. The van der Waals surface area contributed by atoms with Gasteiger partial charge in [-0.15, -0.1) is 11.3 Å². The Hall–Kier alpha value is -1.92. The molecule has 0 unspecified atom stereocenters. The summed E-state index contributed by atoms with van der Waals surface area (Å²) in [4.78, 5) is 22.7. The van der Waals surface area contributed by atoms with E-state index >= 15 is 0 Å². The van der Waals surface area contributed by atoms with Crippen molar-refractivity contribution in [2.75, 3.05) is 46.1 Å². The largest absolute Gasteiger partial charge is 0.369 e. The van der Waals surface area contributed by atoms with Gasteiger partial charge in [0.2, 0.25) is 0 Å². The fourth-order valence-corrected chi connectivity index (χ4v) is 3.56. The fourth-order valence-electron chi connectivity index (χ4n) is 2.69. The van der Waals surface area contributed by atoms with Crippen LogP contribution in [0.1, 0.15) is 28.8 Å². The second-order valence-corrected chi connectivity index (χ2v) is 8.35. The zero-order valence-electron chi connectivity index (χ0n) is 16.1. The van der Waals surface area contributed by atoms with Gasteiger partial charge in [-0.1, -0.05) is 0 Å². The van der Waals surface area contributed by atoms with Crippen molar-refractivity contribution >= 4 is 23.1 Å². The molecule has 6 heteroatoms. The van der Waals surface area contributed by atoms with E-state index in [0.717, 1.165) is 29.6 Å². The van der Waals surface area contributed by atoms with Crippen LogP contribution in [0.15, 0.2) is 23.6 Å². The summed E-state index contributed by atoms with van der Waals surface area (Å²) in [5, 5.41) is 5.56. The predicted octanol–water partition coefficient (Wildman–Crippen LogP) is 3.57. The van der Waals surface area contributed by atoms with E-state index in [2.05, 4.69) is 28.6 Å². The van der Waals surface area contributed by atoms with Gasteiger partial charge in [-0.25, -0.2) is 4.98 Å². The fraction of sp³-hybridized carbons (Fsp3) is 0.500. The number of nitrogens with one attached hydrogen (secondary N) is 1. The van der Waals surface area contributed by atoms with Crippen molar-refractivity contribution < 1.29 is 4.79 Å². The summed E-state index contributed by atoms with van der Waals surface area (Å²) in [5.41, 5.74) is 2.82. The highest BCUT2D eigenvalue weighted by Gasteiger charge is 2.23. The molecule has 1 N–H and O–H groups in total. The number of pyridine rings is 1. The highest BCUT2D eigenvalue weighted by molar-refractivity contribution is 7.13. The number of thiophene rings is 1. The van der Waals surface area contributed by atoms with Gasteiger partial charge in [0.25, 0.3) is 5.91 Å². The van der Waals surface area contributed by atoms with Crippen LogP contribution >= 0.6 is 11.3 Å². The van der Waals surface area contributed by atoms with Crippen molar-refractivity contribution in [3.8, 4) is 10.6 Å². The van der Waals surface area contributed by atoms with Crippen molar-refractivity contribution in [2.45, 2.75) is 19.8 Å². The second kappa shape index (κ2) is 8.18. The molecule has 0 bridgehead atoms. The first-order chi connectivity index (χ1) is 12.4. The van der Waals surface area contributed by atoms with Crippen LogP contribution < -0.4 is 5.32 Å². The molecule has 1 saturated carbocycles. The lowest BCUT2D eigenvalue weighted by molar-refractivity contribution is 0.0787. The van der Waals surface area contributed by atoms with Crippen LogP contribution in [0.2, 0.25) is 0 Å². The second-order valence-electron chi connectivity index (χ2n) is 7.44. The molecule has 1 aliphatic rings. The number of likely N-dealkylation sites (N-methyl/N-ethyl adjacent to an activating group) is 2. The summed E-state index contributed by atoms with van der Waals surface area (Å²) in [6, 6.07) is 6.02. The van der Waals surface area contributed by atoms with Crippen LogP contribution in [0.25, 0.3) is 10.6 Å². The Labute approximate surface area is 160 Å². The highest BCUT2D eigenvalue weighted by atomic mass is 32.1. The molecule has 1 fully saturated rings. The molecule has 0 radical (unpaired) electrons. The van der Waals surface area contributed by atoms with Gasteiger partial charge in [-0.3, -0.25) is 4.79 Å². The summed E-state index contributed by atoms with van der Waals surface area (Å²) in [7, 11) is 5.88. The molecule has 0 spiro atoms. The van der Waals surface area contributed by atoms with E-state index in [0.29, 0.717) is 17.9 Å². The average molecular weight is 373 g/mol. The molecule has 2 aromatic heterocycles. The minimum absolute atomic E-state index is 0.0200. The Morgan fingerprint density at radius 1 is 1.27 bits per heavy atom. The Bertz CT molecular complexity index is 767. The van der Waals surface area contributed by atoms with Crippen LogP contribution in [0, 0.1) is 12.8 Å². The number of carbonyl (C=O) groups is 1. The van der Waals surface area contributed by atoms with E-state index in [1.807, 2.05) is 33.3 Å². The van der Waals surface area contributed by atoms with Crippen molar-refractivity contribution in [1.29, 1.82) is 0 Å². The number of hydrogen-bond donors (Lipinski definition) is 1. The number of amides is 1. The first kappa shape index (κ1) is 18.9. The predicted molar refractivity (Wildman–Crippen MR) is 109 cm³/mol. The molecule has 2 heterocycles. The lowest BCUT2D eigenvalue weighted by Gasteiger charge is -2.21. The van der Waals surface area contributed by atoms with E-state index in [1.165, 1.54) is 18.4 Å². The highest BCUT2D eigenvalue weighted by Crippen LogP contribution is 2.31. The molecule has 26 heavy (non-hydrogen) atoms. The normalized spacial score (nSPS) is 13.9. The minimum Gasteiger partial charge on any atom is -0.369 e.